The molecule has 13 unspecified atom stereocenters. The summed E-state index contributed by atoms with van der Waals surface area (Å²) in [6.45, 7) is -0.330. The Bertz CT molecular complexity index is 2040. The van der Waals surface area contributed by atoms with Gasteiger partial charge in [0.1, 0.15) is 128 Å². The summed E-state index contributed by atoms with van der Waals surface area (Å²) in [5.41, 5.74) is 5.95. The lowest BCUT2D eigenvalue weighted by molar-refractivity contribution is -0.401. The number of ether oxygens (including phenoxy) is 13. The first-order valence-electron chi connectivity index (χ1n) is 27.7. The van der Waals surface area contributed by atoms with Gasteiger partial charge in [-0.1, -0.05) is 20.8 Å². The number of carboxylic acid groups (broad SMARTS) is 1. The van der Waals surface area contributed by atoms with Crippen molar-refractivity contribution in [3.05, 3.63) is 0 Å². The molecule has 490 valence electrons. The van der Waals surface area contributed by atoms with Crippen molar-refractivity contribution in [2.24, 2.45) is 23.5 Å². The maximum atomic E-state index is 12.9. The van der Waals surface area contributed by atoms with Crippen LogP contribution in [0, 0.1) is 17.8 Å². The third-order valence-electron chi connectivity index (χ3n) is 17.0. The normalized spacial score (nSPS) is 51.3. The number of nitrogens with two attached hydrogens (primary N) is 1. The van der Waals surface area contributed by atoms with E-state index >= 15 is 0 Å². The quantitative estimate of drug-likeness (QED) is 0.0479. The highest BCUT2D eigenvalue weighted by molar-refractivity contribution is 5.76. The highest BCUT2D eigenvalue weighted by Crippen LogP contribution is 2.41. The van der Waals surface area contributed by atoms with Gasteiger partial charge in [-0.3, -0.25) is 0 Å². The summed E-state index contributed by atoms with van der Waals surface area (Å²) < 4.78 is 76.3. The zero-order valence-corrected chi connectivity index (χ0v) is 46.1. The fraction of sp³-hybridized carbons (Fsp3) is 0.980. The van der Waals surface area contributed by atoms with Crippen molar-refractivity contribution >= 4 is 5.97 Å². The van der Waals surface area contributed by atoms with Crippen LogP contribution in [0.3, 0.4) is 0 Å². The van der Waals surface area contributed by atoms with E-state index in [2.05, 4.69) is 0 Å². The minimum atomic E-state index is -3.08. The van der Waals surface area contributed by atoms with Gasteiger partial charge in [-0.2, -0.15) is 0 Å². The van der Waals surface area contributed by atoms with Crippen molar-refractivity contribution in [3.63, 3.8) is 0 Å². The van der Waals surface area contributed by atoms with Crippen LogP contribution >= 0.6 is 0 Å². The van der Waals surface area contributed by atoms with Crippen LogP contribution in [0.4, 0.5) is 0 Å². The second-order valence-electron chi connectivity index (χ2n) is 22.5. The molecule has 22 N–H and O–H groups in total. The lowest BCUT2D eigenvalue weighted by Crippen LogP contribution is -2.70. The first-order chi connectivity index (χ1) is 39.7. The minimum Gasteiger partial charge on any atom is -0.477 e. The van der Waals surface area contributed by atoms with Gasteiger partial charge in [-0.15, -0.1) is 0 Å². The first kappa shape index (κ1) is 69.6. The number of aliphatic hydroxyl groups is 19. The van der Waals surface area contributed by atoms with E-state index in [0.717, 1.165) is 0 Å². The monoisotopic (exact) mass is 1230 g/mol. The zero-order valence-electron chi connectivity index (χ0n) is 46.1. The lowest BCUT2D eigenvalue weighted by atomic mass is 9.88. The summed E-state index contributed by atoms with van der Waals surface area (Å²) >= 11 is 0. The molecular weight excluding hydrogens is 1150 g/mol. The second-order valence-corrected chi connectivity index (χ2v) is 22.5. The lowest BCUT2D eigenvalue weighted by Gasteiger charge is -2.51. The molecule has 0 bridgehead atoms. The predicted octanol–water partition coefficient (Wildman–Crippen LogP) is -12.2. The summed E-state index contributed by atoms with van der Waals surface area (Å²) in [7, 11) is 0. The molecular formula is C49H85NO34. The molecule has 0 amide bonds. The molecule has 0 aromatic heterocycles. The largest absolute Gasteiger partial charge is 0.477 e. The Hall–Kier alpha value is -1.85. The van der Waals surface area contributed by atoms with Crippen LogP contribution in [0.25, 0.3) is 0 Å². The Balaban J connectivity index is 1.07. The van der Waals surface area contributed by atoms with E-state index in [-0.39, 0.29) is 0 Å². The molecule has 7 saturated heterocycles. The molecule has 7 aliphatic rings. The van der Waals surface area contributed by atoms with E-state index in [1.165, 1.54) is 13.8 Å². The molecule has 0 radical (unpaired) electrons. The third-order valence-corrected chi connectivity index (χ3v) is 17.0. The SMILES string of the molecule is C[C@@H]1OC(CO)[C@@H](O[C@@H]2OC(CO)[C@@H](O[C@@H]3OC(CO)[C@@H](O)C(O[C@H]4O[C@H](CO)[C@@H](O)C(O)C4O[C@@H]4OC(CO)[C@@H](O[C@@H]5OC(CO)[C@H](O)C(O[C@]6(C(=O)O)C[C@@H](O)[C@@H](N)C([C@H](O)[C@H](O)CO)O6)[C@@H]5O)C(O)[C@@H]4C)[C@H]3O)C(O)[C@@H]2C)C(O)[C@@H]1C. The first-order valence-corrected chi connectivity index (χ1v) is 27.7. The van der Waals surface area contributed by atoms with E-state index < -0.39 is 278 Å². The molecule has 7 fully saturated rings. The third kappa shape index (κ3) is 14.0. The number of aliphatic carboxylic acids is 1. The topological polar surface area (TPSA) is 568 Å². The molecule has 0 aromatic rings. The van der Waals surface area contributed by atoms with Crippen molar-refractivity contribution in [2.75, 3.05) is 46.2 Å². The van der Waals surface area contributed by atoms with Crippen molar-refractivity contribution in [1.82, 2.24) is 0 Å². The van der Waals surface area contributed by atoms with E-state index in [9.17, 15) is 107 Å². The Kier molecular flexibility index (Phi) is 24.4. The predicted molar refractivity (Wildman–Crippen MR) is 264 cm³/mol. The van der Waals surface area contributed by atoms with Gasteiger partial charge in [0.15, 0.2) is 31.5 Å². The van der Waals surface area contributed by atoms with Crippen LogP contribution in [0.1, 0.15) is 34.1 Å². The summed E-state index contributed by atoms with van der Waals surface area (Å²) in [4.78, 5) is 12.9. The highest BCUT2D eigenvalue weighted by Gasteiger charge is 2.61. The molecule has 84 heavy (non-hydrogen) atoms. The van der Waals surface area contributed by atoms with Crippen LogP contribution in [-0.4, -0.2) is 356 Å². The van der Waals surface area contributed by atoms with Crippen LogP contribution < -0.4 is 5.73 Å². The molecule has 7 rings (SSSR count). The van der Waals surface area contributed by atoms with Gasteiger partial charge in [-0.25, -0.2) is 4.79 Å². The van der Waals surface area contributed by atoms with Gasteiger partial charge in [0, 0.05) is 24.2 Å². The van der Waals surface area contributed by atoms with Crippen molar-refractivity contribution < 1.29 is 169 Å². The van der Waals surface area contributed by atoms with E-state index in [4.69, 9.17) is 67.3 Å². The van der Waals surface area contributed by atoms with Crippen LogP contribution in [0.5, 0.6) is 0 Å². The molecule has 0 spiro atoms. The maximum absolute atomic E-state index is 12.9. The number of aliphatic hydroxyl groups excluding tert-OH is 19. The number of carboxylic acids is 1. The molecule has 35 nitrogen and oxygen atoms in total. The Morgan fingerprint density at radius 3 is 1.31 bits per heavy atom. The number of hydrogen-bond acceptors (Lipinski definition) is 34. The van der Waals surface area contributed by atoms with Crippen LogP contribution in [0.15, 0.2) is 0 Å². The summed E-state index contributed by atoms with van der Waals surface area (Å²) in [5, 5.41) is 217. The van der Waals surface area contributed by atoms with Crippen molar-refractivity contribution in [2.45, 2.75) is 236 Å². The highest BCUT2D eigenvalue weighted by atomic mass is 16.8. The van der Waals surface area contributed by atoms with E-state index in [0.29, 0.717) is 0 Å². The van der Waals surface area contributed by atoms with Gasteiger partial charge >= 0.3 is 5.97 Å². The number of hydrogen-bond donors (Lipinski definition) is 21. The molecule has 36 atom stereocenters. The van der Waals surface area contributed by atoms with E-state index in [1.807, 2.05) is 0 Å². The van der Waals surface area contributed by atoms with Gasteiger partial charge in [0.05, 0.1) is 82.8 Å². The van der Waals surface area contributed by atoms with Crippen LogP contribution in [-0.2, 0) is 66.4 Å². The number of rotatable bonds is 22. The Labute approximate surface area is 479 Å². The van der Waals surface area contributed by atoms with Crippen molar-refractivity contribution in [1.29, 1.82) is 0 Å². The summed E-state index contributed by atoms with van der Waals surface area (Å²) in [5.74, 6) is -7.93. The molecule has 7 heterocycles. The minimum absolute atomic E-state index is 0.453. The number of carbonyl (C=O) groups is 1. The maximum Gasteiger partial charge on any atom is 0.364 e. The van der Waals surface area contributed by atoms with Crippen LogP contribution in [0.2, 0.25) is 0 Å². The van der Waals surface area contributed by atoms with Gasteiger partial charge in [-0.05, 0) is 6.92 Å². The van der Waals surface area contributed by atoms with E-state index in [1.54, 1.807) is 13.8 Å². The molecule has 0 aromatic carbocycles. The molecule has 0 saturated carbocycles. The second kappa shape index (κ2) is 29.4. The Morgan fingerprint density at radius 1 is 0.464 bits per heavy atom. The Morgan fingerprint density at radius 2 is 0.845 bits per heavy atom. The fourth-order valence-electron chi connectivity index (χ4n) is 11.4. The van der Waals surface area contributed by atoms with Crippen molar-refractivity contribution in [3.8, 4) is 0 Å². The van der Waals surface area contributed by atoms with Gasteiger partial charge in [0.2, 0.25) is 0 Å². The average molecular weight is 1230 g/mol. The smallest absolute Gasteiger partial charge is 0.364 e. The standard InChI is InChI=1S/C49H85NO34/c1-13-16(4)72-22(10-55)36(26(13)60)78-43-14(2)27(61)37(23(11-56)76-43)79-45-34(68)40(31(65)20(8-53)73-45)81-47-42(33(67)30(64)19(7-52)75-47)82-44-15(3)28(62)38(24(12-57)77-44)80-46-35(69)41(32(66)21(9-54)74-46)84-49(48(70)71)5-17(58)25(50)39(83-49)29(63)18(59)6-51/h13-47,51-69H,5-12,50H2,1-4H3,(H,70,71)/t13-,14+,15+,16+,17-,18-,19-,20?,21?,22?,23?,24?,25-,26?,27?,28?,29-,30-,31-,32+,33?,34-,35+,36-,37-,38-,39?,40?,41?,42?,43+,44+,45+,46+,47-,49+/m1/s1. The molecule has 35 heteroatoms. The van der Waals surface area contributed by atoms with Gasteiger partial charge in [0.25, 0.3) is 5.79 Å². The molecule has 0 aliphatic carbocycles. The van der Waals surface area contributed by atoms with Gasteiger partial charge < -0.3 is 169 Å². The zero-order chi connectivity index (χ0) is 62.1. The average Bonchev–Trinajstić information content (AvgIpc) is 3.49. The molecule has 7 aliphatic heterocycles. The summed E-state index contributed by atoms with van der Waals surface area (Å²) in [6.07, 6.45) is -55.8. The fourth-order valence-corrected chi connectivity index (χ4v) is 11.4. The summed E-state index contributed by atoms with van der Waals surface area (Å²) in [6, 6.07) is -1.59.